The molecule has 0 saturated carbocycles. The molecule has 118 valence electrons. The van der Waals surface area contributed by atoms with Gasteiger partial charge < -0.3 is 0 Å². The van der Waals surface area contributed by atoms with E-state index >= 15 is 0 Å². The van der Waals surface area contributed by atoms with E-state index in [1.807, 2.05) is 12.4 Å². The predicted molar refractivity (Wildman–Crippen MR) is 92.3 cm³/mol. The molecule has 3 heterocycles. The summed E-state index contributed by atoms with van der Waals surface area (Å²) in [5, 5.41) is 8.67. The number of H-pyrrole nitrogens is 1. The van der Waals surface area contributed by atoms with Crippen LogP contribution in [0.25, 0.3) is 10.9 Å². The summed E-state index contributed by atoms with van der Waals surface area (Å²) < 4.78 is 0. The monoisotopic (exact) mass is 306 g/mol. The van der Waals surface area contributed by atoms with Crippen molar-refractivity contribution in [2.75, 3.05) is 13.1 Å². The number of piperidine rings is 1. The van der Waals surface area contributed by atoms with Crippen LogP contribution in [0.15, 0.2) is 42.7 Å². The van der Waals surface area contributed by atoms with Gasteiger partial charge in [0.2, 0.25) is 0 Å². The minimum absolute atomic E-state index is 0.569. The minimum Gasteiger partial charge on any atom is -0.298 e. The molecule has 1 unspecified atom stereocenters. The molecule has 1 aliphatic heterocycles. The van der Waals surface area contributed by atoms with E-state index in [4.69, 9.17) is 0 Å². The number of hydrogen-bond acceptors (Lipinski definition) is 3. The molecule has 0 radical (unpaired) electrons. The molecule has 1 fully saturated rings. The average Bonchev–Trinajstić information content (AvgIpc) is 3.02. The van der Waals surface area contributed by atoms with Crippen LogP contribution < -0.4 is 0 Å². The van der Waals surface area contributed by atoms with E-state index in [0.717, 1.165) is 18.6 Å². The molecule has 1 saturated heterocycles. The molecule has 4 heteroatoms. The molecule has 0 bridgehead atoms. The van der Waals surface area contributed by atoms with Gasteiger partial charge in [-0.3, -0.25) is 15.0 Å². The van der Waals surface area contributed by atoms with Crippen LogP contribution in [0.2, 0.25) is 0 Å². The zero-order chi connectivity index (χ0) is 15.6. The number of hydrogen-bond donors (Lipinski definition) is 1. The van der Waals surface area contributed by atoms with Crippen LogP contribution in [0.5, 0.6) is 0 Å². The van der Waals surface area contributed by atoms with Gasteiger partial charge in [0, 0.05) is 36.3 Å². The van der Waals surface area contributed by atoms with Crippen molar-refractivity contribution in [1.82, 2.24) is 20.1 Å². The van der Waals surface area contributed by atoms with Crippen LogP contribution in [0.4, 0.5) is 0 Å². The maximum Gasteiger partial charge on any atom is 0.0705 e. The number of fused-ring (bicyclic) bond motifs is 1. The smallest absolute Gasteiger partial charge is 0.0705 e. The molecule has 3 aromatic rings. The van der Waals surface area contributed by atoms with Gasteiger partial charge in [-0.05, 0) is 49.6 Å². The van der Waals surface area contributed by atoms with Crippen LogP contribution in [0.3, 0.4) is 0 Å². The quantitative estimate of drug-likeness (QED) is 0.803. The van der Waals surface area contributed by atoms with Gasteiger partial charge in [0.25, 0.3) is 0 Å². The van der Waals surface area contributed by atoms with Crippen molar-refractivity contribution in [3.63, 3.8) is 0 Å². The number of nitrogens with zero attached hydrogens (tertiary/aromatic N) is 3. The minimum atomic E-state index is 0.569. The molecule has 1 atom stereocenters. The molecule has 4 rings (SSSR count). The summed E-state index contributed by atoms with van der Waals surface area (Å²) in [6.07, 6.45) is 6.35. The Morgan fingerprint density at radius 3 is 3.04 bits per heavy atom. The SMILES string of the molecule is Cc1cn[nH]c1C1CCCN(Cc2ccnc3ccccc23)C1. The number of rotatable bonds is 3. The number of pyridine rings is 1. The Morgan fingerprint density at radius 2 is 2.17 bits per heavy atom. The van der Waals surface area contributed by atoms with Crippen molar-refractivity contribution in [2.45, 2.75) is 32.2 Å². The number of aromatic amines is 1. The highest BCUT2D eigenvalue weighted by Crippen LogP contribution is 2.29. The molecule has 2 aromatic heterocycles. The maximum absolute atomic E-state index is 4.47. The van der Waals surface area contributed by atoms with Gasteiger partial charge in [0.15, 0.2) is 0 Å². The van der Waals surface area contributed by atoms with E-state index in [1.54, 1.807) is 0 Å². The summed E-state index contributed by atoms with van der Waals surface area (Å²) in [4.78, 5) is 7.04. The molecule has 0 spiro atoms. The Hall–Kier alpha value is -2.20. The lowest BCUT2D eigenvalue weighted by Gasteiger charge is -2.32. The summed E-state index contributed by atoms with van der Waals surface area (Å²) >= 11 is 0. The highest BCUT2D eigenvalue weighted by molar-refractivity contribution is 5.81. The fraction of sp³-hybridized carbons (Fsp3) is 0.368. The van der Waals surface area contributed by atoms with Gasteiger partial charge in [-0.25, -0.2) is 0 Å². The zero-order valence-electron chi connectivity index (χ0n) is 13.5. The van der Waals surface area contributed by atoms with Gasteiger partial charge in [-0.1, -0.05) is 18.2 Å². The third-order valence-electron chi connectivity index (χ3n) is 4.92. The Bertz CT molecular complexity index is 802. The maximum atomic E-state index is 4.47. The highest BCUT2D eigenvalue weighted by atomic mass is 15.1. The first kappa shape index (κ1) is 14.4. The first-order valence-electron chi connectivity index (χ1n) is 8.36. The molecular formula is C19H22N4. The largest absolute Gasteiger partial charge is 0.298 e. The van der Waals surface area contributed by atoms with Gasteiger partial charge in [-0.15, -0.1) is 0 Å². The lowest BCUT2D eigenvalue weighted by atomic mass is 9.92. The molecule has 0 amide bonds. The molecule has 1 aromatic carbocycles. The fourth-order valence-electron chi connectivity index (χ4n) is 3.74. The molecule has 0 aliphatic carbocycles. The highest BCUT2D eigenvalue weighted by Gasteiger charge is 2.24. The van der Waals surface area contributed by atoms with Crippen molar-refractivity contribution < 1.29 is 0 Å². The van der Waals surface area contributed by atoms with Gasteiger partial charge in [0.05, 0.1) is 11.7 Å². The van der Waals surface area contributed by atoms with E-state index < -0.39 is 0 Å². The number of aryl methyl sites for hydroxylation is 1. The molecule has 23 heavy (non-hydrogen) atoms. The standard InChI is InChI=1S/C19H22N4/c1-14-11-21-22-19(14)16-5-4-10-23(13-16)12-15-8-9-20-18-7-3-2-6-17(15)18/h2-3,6-9,11,16H,4-5,10,12-13H2,1H3,(H,21,22). The van der Waals surface area contributed by atoms with Crippen molar-refractivity contribution in [3.8, 4) is 0 Å². The van der Waals surface area contributed by atoms with Crippen LogP contribution >= 0.6 is 0 Å². The van der Waals surface area contributed by atoms with Crippen LogP contribution in [0.1, 0.15) is 35.6 Å². The third kappa shape index (κ3) is 2.86. The number of benzene rings is 1. The topological polar surface area (TPSA) is 44.8 Å². The van der Waals surface area contributed by atoms with Crippen molar-refractivity contribution in [3.05, 3.63) is 59.5 Å². The summed E-state index contributed by atoms with van der Waals surface area (Å²) in [6.45, 7) is 5.40. The molecular weight excluding hydrogens is 284 g/mol. The number of para-hydroxylation sites is 1. The second kappa shape index (κ2) is 6.13. The normalized spacial score (nSPS) is 19.3. The summed E-state index contributed by atoms with van der Waals surface area (Å²) in [7, 11) is 0. The second-order valence-electron chi connectivity index (χ2n) is 6.53. The van der Waals surface area contributed by atoms with Crippen LogP contribution in [-0.2, 0) is 6.54 Å². The molecule has 4 nitrogen and oxygen atoms in total. The van der Waals surface area contributed by atoms with Gasteiger partial charge >= 0.3 is 0 Å². The Labute approximate surface area is 136 Å². The van der Waals surface area contributed by atoms with Crippen molar-refractivity contribution in [1.29, 1.82) is 0 Å². The first-order chi connectivity index (χ1) is 11.3. The predicted octanol–water partition coefficient (Wildman–Crippen LogP) is 3.65. The number of likely N-dealkylation sites (tertiary alicyclic amines) is 1. The first-order valence-corrected chi connectivity index (χ1v) is 8.36. The van der Waals surface area contributed by atoms with E-state index in [2.05, 4.69) is 57.3 Å². The number of nitrogens with one attached hydrogen (secondary N) is 1. The van der Waals surface area contributed by atoms with E-state index in [-0.39, 0.29) is 0 Å². The lowest BCUT2D eigenvalue weighted by Crippen LogP contribution is -2.34. The lowest BCUT2D eigenvalue weighted by molar-refractivity contribution is 0.199. The summed E-state index contributed by atoms with van der Waals surface area (Å²) in [5.74, 6) is 0.569. The third-order valence-corrected chi connectivity index (χ3v) is 4.92. The van der Waals surface area contributed by atoms with Crippen molar-refractivity contribution >= 4 is 10.9 Å². The Morgan fingerprint density at radius 1 is 1.26 bits per heavy atom. The summed E-state index contributed by atoms with van der Waals surface area (Å²) in [5.41, 5.74) is 5.06. The average molecular weight is 306 g/mol. The van der Waals surface area contributed by atoms with E-state index in [0.29, 0.717) is 5.92 Å². The summed E-state index contributed by atoms with van der Waals surface area (Å²) in [6, 6.07) is 10.6. The second-order valence-corrected chi connectivity index (χ2v) is 6.53. The van der Waals surface area contributed by atoms with E-state index in [9.17, 15) is 0 Å². The number of aromatic nitrogens is 3. The molecule has 1 aliphatic rings. The zero-order valence-corrected chi connectivity index (χ0v) is 13.5. The van der Waals surface area contributed by atoms with Crippen molar-refractivity contribution in [2.24, 2.45) is 0 Å². The fourth-order valence-corrected chi connectivity index (χ4v) is 3.74. The Kier molecular flexibility index (Phi) is 3.83. The Balaban J connectivity index is 1.55. The van der Waals surface area contributed by atoms with Crippen LogP contribution in [0, 0.1) is 6.92 Å². The van der Waals surface area contributed by atoms with Crippen LogP contribution in [-0.4, -0.2) is 33.2 Å². The van der Waals surface area contributed by atoms with Gasteiger partial charge in [-0.2, -0.15) is 5.10 Å². The van der Waals surface area contributed by atoms with E-state index in [1.165, 1.54) is 41.6 Å². The molecule has 1 N–H and O–H groups in total. The van der Waals surface area contributed by atoms with Gasteiger partial charge in [0.1, 0.15) is 0 Å².